The second-order valence-electron chi connectivity index (χ2n) is 10.5. The molecule has 1 unspecified atom stereocenters. The molecule has 0 saturated heterocycles. The Balaban J connectivity index is 1.94. The van der Waals surface area contributed by atoms with Gasteiger partial charge in [-0.1, -0.05) is 41.0 Å². The number of carboxylic acids is 1. The molecule has 1 fully saturated rings. The predicted octanol–water partition coefficient (Wildman–Crippen LogP) is 6.12. The van der Waals surface area contributed by atoms with E-state index in [1.54, 1.807) is 12.5 Å². The highest BCUT2D eigenvalue weighted by atomic mass is 16.5. The lowest BCUT2D eigenvalue weighted by molar-refractivity contribution is -0.142. The van der Waals surface area contributed by atoms with Crippen LogP contribution < -0.4 is 0 Å². The molecule has 2 aliphatic carbocycles. The molecule has 1 aromatic heterocycles. The van der Waals surface area contributed by atoms with Crippen LogP contribution >= 0.6 is 0 Å². The van der Waals surface area contributed by atoms with Gasteiger partial charge in [0.1, 0.15) is 0 Å². The van der Waals surface area contributed by atoms with E-state index in [2.05, 4.69) is 34.6 Å². The summed E-state index contributed by atoms with van der Waals surface area (Å²) in [7, 11) is 0. The van der Waals surface area contributed by atoms with Gasteiger partial charge in [-0.2, -0.15) is 0 Å². The van der Waals surface area contributed by atoms with Gasteiger partial charge in [-0.05, 0) is 78.4 Å². The molecule has 4 heteroatoms. The fraction of sp³-hybridized carbons (Fsp3) is 0.720. The summed E-state index contributed by atoms with van der Waals surface area (Å²) >= 11 is 0. The van der Waals surface area contributed by atoms with Crippen LogP contribution in [0.25, 0.3) is 0 Å². The Labute approximate surface area is 175 Å². The molecule has 0 amide bonds. The maximum atomic E-state index is 12.3. The van der Waals surface area contributed by atoms with Crippen molar-refractivity contribution in [2.45, 2.75) is 79.2 Å². The van der Waals surface area contributed by atoms with Crippen LogP contribution in [0.15, 0.2) is 34.7 Å². The lowest BCUT2D eigenvalue weighted by Crippen LogP contribution is -2.55. The summed E-state index contributed by atoms with van der Waals surface area (Å²) in [5, 5.41) is 10.1. The van der Waals surface area contributed by atoms with Gasteiger partial charge < -0.3 is 14.3 Å². The van der Waals surface area contributed by atoms with Crippen LogP contribution in [0.1, 0.15) is 72.3 Å². The van der Waals surface area contributed by atoms with Crippen LogP contribution in [-0.4, -0.2) is 23.8 Å². The number of aliphatic carboxylic acids is 1. The van der Waals surface area contributed by atoms with E-state index in [4.69, 9.17) is 9.15 Å². The molecule has 0 aromatic carbocycles. The van der Waals surface area contributed by atoms with Crippen molar-refractivity contribution < 1.29 is 19.1 Å². The summed E-state index contributed by atoms with van der Waals surface area (Å²) in [5.74, 6) is 0.149. The van der Waals surface area contributed by atoms with Gasteiger partial charge in [-0.3, -0.25) is 0 Å². The van der Waals surface area contributed by atoms with Crippen LogP contribution in [0.5, 0.6) is 0 Å². The summed E-state index contributed by atoms with van der Waals surface area (Å²) in [6.07, 6.45) is 11.4. The largest absolute Gasteiger partial charge is 0.478 e. The minimum absolute atomic E-state index is 0.0319. The first-order chi connectivity index (χ1) is 13.6. The zero-order valence-corrected chi connectivity index (χ0v) is 18.7. The Morgan fingerprint density at radius 2 is 2.07 bits per heavy atom. The fourth-order valence-corrected chi connectivity index (χ4v) is 6.12. The van der Waals surface area contributed by atoms with Crippen molar-refractivity contribution in [1.82, 2.24) is 0 Å². The van der Waals surface area contributed by atoms with E-state index in [0.29, 0.717) is 24.0 Å². The smallest absolute Gasteiger partial charge is 0.331 e. The maximum absolute atomic E-state index is 12.3. The SMILES string of the molecule is CC(C)CCOC1C=C(C(=O)O)[C@H](CCc2ccoc2)[C@@]2(C)CCCC(C)(C)[C@H]12. The topological polar surface area (TPSA) is 59.7 Å². The zero-order chi connectivity index (χ0) is 21.2. The van der Waals surface area contributed by atoms with Crippen molar-refractivity contribution in [2.24, 2.45) is 28.6 Å². The van der Waals surface area contributed by atoms with Gasteiger partial charge in [-0.15, -0.1) is 0 Å². The van der Waals surface area contributed by atoms with Crippen LogP contribution in [0.4, 0.5) is 0 Å². The molecule has 1 saturated carbocycles. The van der Waals surface area contributed by atoms with Crippen molar-refractivity contribution in [3.05, 3.63) is 35.8 Å². The quantitative estimate of drug-likeness (QED) is 0.569. The van der Waals surface area contributed by atoms with Gasteiger partial charge in [-0.25, -0.2) is 4.79 Å². The normalized spacial score (nSPS) is 31.4. The highest BCUT2D eigenvalue weighted by molar-refractivity contribution is 5.87. The number of furan rings is 1. The molecule has 3 rings (SSSR count). The molecule has 0 bridgehead atoms. The van der Waals surface area contributed by atoms with Gasteiger partial charge in [0.2, 0.25) is 0 Å². The Kier molecular flexibility index (Phi) is 6.62. The minimum Gasteiger partial charge on any atom is -0.478 e. The summed E-state index contributed by atoms with van der Waals surface area (Å²) in [4.78, 5) is 12.3. The average molecular weight is 403 g/mol. The second-order valence-corrected chi connectivity index (χ2v) is 10.5. The first-order valence-electron chi connectivity index (χ1n) is 11.2. The van der Waals surface area contributed by atoms with Gasteiger partial charge in [0, 0.05) is 12.2 Å². The molecule has 29 heavy (non-hydrogen) atoms. The number of ether oxygens (including phenoxy) is 1. The molecule has 162 valence electrons. The monoisotopic (exact) mass is 402 g/mol. The first-order valence-corrected chi connectivity index (χ1v) is 11.2. The molecule has 0 aliphatic heterocycles. The van der Waals surface area contributed by atoms with E-state index < -0.39 is 5.97 Å². The Morgan fingerprint density at radius 3 is 2.69 bits per heavy atom. The average Bonchev–Trinajstić information content (AvgIpc) is 3.12. The first kappa shape index (κ1) is 22.1. The second kappa shape index (κ2) is 8.67. The fourth-order valence-electron chi connectivity index (χ4n) is 6.12. The third-order valence-corrected chi connectivity index (χ3v) is 7.49. The molecular weight excluding hydrogens is 364 g/mol. The van der Waals surface area contributed by atoms with Crippen molar-refractivity contribution in [3.63, 3.8) is 0 Å². The van der Waals surface area contributed by atoms with Crippen LogP contribution in [0, 0.1) is 28.6 Å². The van der Waals surface area contributed by atoms with Crippen LogP contribution in [0.3, 0.4) is 0 Å². The van der Waals surface area contributed by atoms with Crippen LogP contribution in [-0.2, 0) is 16.0 Å². The van der Waals surface area contributed by atoms with Gasteiger partial charge >= 0.3 is 5.97 Å². The number of aryl methyl sites for hydroxylation is 1. The molecule has 4 atom stereocenters. The Bertz CT molecular complexity index is 715. The highest BCUT2D eigenvalue weighted by Gasteiger charge is 2.57. The molecule has 0 spiro atoms. The number of hydrogen-bond acceptors (Lipinski definition) is 3. The van der Waals surface area contributed by atoms with E-state index in [0.717, 1.165) is 37.7 Å². The Hall–Kier alpha value is -1.55. The number of fused-ring (bicyclic) bond motifs is 1. The highest BCUT2D eigenvalue weighted by Crippen LogP contribution is 2.61. The number of carboxylic acid groups (broad SMARTS) is 1. The molecule has 0 radical (unpaired) electrons. The third-order valence-electron chi connectivity index (χ3n) is 7.49. The maximum Gasteiger partial charge on any atom is 0.331 e. The van der Waals surface area contributed by atoms with E-state index in [1.165, 1.54) is 6.42 Å². The number of hydrogen-bond donors (Lipinski definition) is 1. The van der Waals surface area contributed by atoms with Crippen molar-refractivity contribution in [2.75, 3.05) is 6.61 Å². The molecule has 1 heterocycles. The lowest BCUT2D eigenvalue weighted by atomic mass is 9.47. The molecule has 2 aliphatic rings. The van der Waals surface area contributed by atoms with Crippen molar-refractivity contribution >= 4 is 5.97 Å². The molecular formula is C25H38O4. The van der Waals surface area contributed by atoms with E-state index in [9.17, 15) is 9.90 Å². The summed E-state index contributed by atoms with van der Waals surface area (Å²) in [6.45, 7) is 12.1. The zero-order valence-electron chi connectivity index (χ0n) is 18.7. The minimum atomic E-state index is -0.789. The molecule has 4 nitrogen and oxygen atoms in total. The summed E-state index contributed by atoms with van der Waals surface area (Å²) in [6, 6.07) is 1.98. The number of carbonyl (C=O) groups is 1. The molecule has 1 N–H and O–H groups in total. The van der Waals surface area contributed by atoms with E-state index in [-0.39, 0.29) is 22.9 Å². The predicted molar refractivity (Wildman–Crippen MR) is 115 cm³/mol. The van der Waals surface area contributed by atoms with Gasteiger partial charge in [0.15, 0.2) is 0 Å². The van der Waals surface area contributed by atoms with Crippen molar-refractivity contribution in [1.29, 1.82) is 0 Å². The van der Waals surface area contributed by atoms with Crippen LogP contribution in [0.2, 0.25) is 0 Å². The van der Waals surface area contributed by atoms with Crippen molar-refractivity contribution in [3.8, 4) is 0 Å². The third kappa shape index (κ3) is 4.63. The van der Waals surface area contributed by atoms with Gasteiger partial charge in [0.05, 0.1) is 18.6 Å². The lowest BCUT2D eigenvalue weighted by Gasteiger charge is -2.58. The van der Waals surface area contributed by atoms with E-state index >= 15 is 0 Å². The number of rotatable bonds is 8. The van der Waals surface area contributed by atoms with E-state index in [1.807, 2.05) is 12.1 Å². The Morgan fingerprint density at radius 1 is 1.31 bits per heavy atom. The summed E-state index contributed by atoms with van der Waals surface area (Å²) < 4.78 is 11.6. The molecule has 1 aromatic rings. The summed E-state index contributed by atoms with van der Waals surface area (Å²) in [5.41, 5.74) is 1.75. The standard InChI is InChI=1S/C25H38O4/c1-17(2)9-14-29-21-15-19(23(26)27)20(8-7-18-10-13-28-16-18)25(5)12-6-11-24(3,4)22(21)25/h10,13,15-17,20-22H,6-9,11-12,14H2,1-5H3,(H,26,27)/t20-,21?,22-,25+/m0/s1. The van der Waals surface area contributed by atoms with Gasteiger partial charge in [0.25, 0.3) is 0 Å².